The van der Waals surface area contributed by atoms with Crippen molar-refractivity contribution in [2.75, 3.05) is 0 Å². The standard InChI is InChI=1S/C14H19NO3/c1-2-10(8-9-6-7-9)15-14(18)13-11(16)4-3-5-12(13)17/h3-5,9-10,16-17H,2,6-8H2,1H3,(H,15,18). The minimum Gasteiger partial charge on any atom is -0.507 e. The molecule has 0 radical (unpaired) electrons. The molecule has 4 heteroatoms. The number of carbonyl (C=O) groups excluding carboxylic acids is 1. The lowest BCUT2D eigenvalue weighted by Crippen LogP contribution is -2.34. The lowest BCUT2D eigenvalue weighted by atomic mass is 10.1. The third-order valence-corrected chi connectivity index (χ3v) is 3.39. The van der Waals surface area contributed by atoms with Crippen molar-refractivity contribution >= 4 is 5.91 Å². The van der Waals surface area contributed by atoms with Crippen LogP contribution in [0.25, 0.3) is 0 Å². The number of phenols is 2. The summed E-state index contributed by atoms with van der Waals surface area (Å²) in [4.78, 5) is 12.0. The van der Waals surface area contributed by atoms with E-state index in [0.29, 0.717) is 0 Å². The van der Waals surface area contributed by atoms with Crippen molar-refractivity contribution in [3.05, 3.63) is 23.8 Å². The second-order valence-electron chi connectivity index (χ2n) is 4.93. The first-order chi connectivity index (χ1) is 8.61. The molecular formula is C14H19NO3. The van der Waals surface area contributed by atoms with Gasteiger partial charge in [-0.15, -0.1) is 0 Å². The number of hydrogen-bond donors (Lipinski definition) is 3. The van der Waals surface area contributed by atoms with E-state index in [1.165, 1.54) is 31.0 Å². The smallest absolute Gasteiger partial charge is 0.259 e. The van der Waals surface area contributed by atoms with E-state index in [-0.39, 0.29) is 23.1 Å². The van der Waals surface area contributed by atoms with Crippen molar-refractivity contribution in [3.8, 4) is 11.5 Å². The van der Waals surface area contributed by atoms with Crippen molar-refractivity contribution in [2.45, 2.75) is 38.6 Å². The predicted molar refractivity (Wildman–Crippen MR) is 68.7 cm³/mol. The van der Waals surface area contributed by atoms with Crippen LogP contribution in [0.5, 0.6) is 11.5 Å². The fourth-order valence-corrected chi connectivity index (χ4v) is 2.10. The Morgan fingerprint density at radius 1 is 1.39 bits per heavy atom. The molecule has 1 unspecified atom stereocenters. The average molecular weight is 249 g/mol. The largest absolute Gasteiger partial charge is 0.507 e. The molecule has 3 N–H and O–H groups in total. The lowest BCUT2D eigenvalue weighted by molar-refractivity contribution is 0.0927. The van der Waals surface area contributed by atoms with Crippen molar-refractivity contribution in [1.82, 2.24) is 5.32 Å². The summed E-state index contributed by atoms with van der Waals surface area (Å²) >= 11 is 0. The molecule has 1 amide bonds. The van der Waals surface area contributed by atoms with Crippen molar-refractivity contribution < 1.29 is 15.0 Å². The second-order valence-corrected chi connectivity index (χ2v) is 4.93. The fourth-order valence-electron chi connectivity index (χ4n) is 2.10. The van der Waals surface area contributed by atoms with Crippen LogP contribution in [0, 0.1) is 5.92 Å². The van der Waals surface area contributed by atoms with Gasteiger partial charge < -0.3 is 15.5 Å². The monoisotopic (exact) mass is 249 g/mol. The van der Waals surface area contributed by atoms with E-state index in [1.54, 1.807) is 0 Å². The molecule has 0 bridgehead atoms. The van der Waals surface area contributed by atoms with Crippen LogP contribution in [0.1, 0.15) is 43.0 Å². The Balaban J connectivity index is 2.05. The maximum Gasteiger partial charge on any atom is 0.259 e. The van der Waals surface area contributed by atoms with E-state index in [2.05, 4.69) is 5.32 Å². The average Bonchev–Trinajstić information content (AvgIpc) is 3.11. The molecule has 1 saturated carbocycles. The number of hydrogen-bond acceptors (Lipinski definition) is 3. The van der Waals surface area contributed by atoms with Gasteiger partial charge in [-0.3, -0.25) is 4.79 Å². The molecule has 1 fully saturated rings. The van der Waals surface area contributed by atoms with Crippen LogP contribution in [0.15, 0.2) is 18.2 Å². The maximum atomic E-state index is 12.0. The third-order valence-electron chi connectivity index (χ3n) is 3.39. The number of rotatable bonds is 5. The minimum atomic E-state index is -0.405. The molecule has 0 aromatic heterocycles. The number of carbonyl (C=O) groups is 1. The van der Waals surface area contributed by atoms with Crippen LogP contribution in [0.4, 0.5) is 0 Å². The maximum absolute atomic E-state index is 12.0. The number of benzene rings is 1. The Hall–Kier alpha value is -1.71. The molecule has 4 nitrogen and oxygen atoms in total. The molecule has 0 heterocycles. The first-order valence-electron chi connectivity index (χ1n) is 6.43. The number of aromatic hydroxyl groups is 2. The molecule has 1 aromatic carbocycles. The van der Waals surface area contributed by atoms with Gasteiger partial charge in [-0.1, -0.05) is 25.8 Å². The highest BCUT2D eigenvalue weighted by Gasteiger charge is 2.26. The van der Waals surface area contributed by atoms with Crippen molar-refractivity contribution in [3.63, 3.8) is 0 Å². The Morgan fingerprint density at radius 2 is 2.00 bits per heavy atom. The van der Waals surface area contributed by atoms with Crippen molar-refractivity contribution in [2.24, 2.45) is 5.92 Å². The van der Waals surface area contributed by atoms with Crippen LogP contribution < -0.4 is 5.32 Å². The zero-order valence-electron chi connectivity index (χ0n) is 10.5. The van der Waals surface area contributed by atoms with Gasteiger partial charge in [0.15, 0.2) is 0 Å². The molecule has 2 rings (SSSR count). The Morgan fingerprint density at radius 3 is 2.50 bits per heavy atom. The number of nitrogens with one attached hydrogen (secondary N) is 1. The Bertz CT molecular complexity index is 420. The van der Waals surface area contributed by atoms with Gasteiger partial charge in [-0.05, 0) is 30.9 Å². The first kappa shape index (κ1) is 12.7. The molecular weight excluding hydrogens is 230 g/mol. The number of phenolic OH excluding ortho intramolecular Hbond substituents is 2. The molecule has 1 atom stereocenters. The summed E-state index contributed by atoms with van der Waals surface area (Å²) in [5.41, 5.74) is -0.0354. The summed E-state index contributed by atoms with van der Waals surface area (Å²) in [5.74, 6) is -0.0473. The molecule has 0 aliphatic heterocycles. The summed E-state index contributed by atoms with van der Waals surface area (Å²) in [6.45, 7) is 2.03. The van der Waals surface area contributed by atoms with Gasteiger partial charge in [0, 0.05) is 6.04 Å². The molecule has 18 heavy (non-hydrogen) atoms. The van der Waals surface area contributed by atoms with Crippen LogP contribution in [-0.4, -0.2) is 22.2 Å². The normalized spacial score (nSPS) is 16.3. The fraction of sp³-hybridized carbons (Fsp3) is 0.500. The first-order valence-corrected chi connectivity index (χ1v) is 6.43. The number of amides is 1. The second kappa shape index (κ2) is 5.29. The van der Waals surface area contributed by atoms with E-state index >= 15 is 0 Å². The predicted octanol–water partition coefficient (Wildman–Crippen LogP) is 2.41. The van der Waals surface area contributed by atoms with E-state index in [1.807, 2.05) is 6.92 Å². The molecule has 1 aromatic rings. The summed E-state index contributed by atoms with van der Waals surface area (Å²) in [6.07, 6.45) is 4.33. The quantitative estimate of drug-likeness (QED) is 0.750. The van der Waals surface area contributed by atoms with Crippen LogP contribution in [-0.2, 0) is 0 Å². The van der Waals surface area contributed by atoms with Crippen LogP contribution in [0.3, 0.4) is 0 Å². The van der Waals surface area contributed by atoms with E-state index in [9.17, 15) is 15.0 Å². The van der Waals surface area contributed by atoms with E-state index in [4.69, 9.17) is 0 Å². The van der Waals surface area contributed by atoms with Crippen LogP contribution in [0.2, 0.25) is 0 Å². The van der Waals surface area contributed by atoms with Gasteiger partial charge in [0.05, 0.1) is 0 Å². The van der Waals surface area contributed by atoms with E-state index in [0.717, 1.165) is 18.8 Å². The van der Waals surface area contributed by atoms with Gasteiger partial charge in [-0.2, -0.15) is 0 Å². The highest BCUT2D eigenvalue weighted by atomic mass is 16.3. The van der Waals surface area contributed by atoms with Gasteiger partial charge >= 0.3 is 0 Å². The van der Waals surface area contributed by atoms with Gasteiger partial charge in [0.2, 0.25) is 0 Å². The summed E-state index contributed by atoms with van der Waals surface area (Å²) < 4.78 is 0. The molecule has 1 aliphatic carbocycles. The Kier molecular flexibility index (Phi) is 3.75. The van der Waals surface area contributed by atoms with E-state index < -0.39 is 5.91 Å². The minimum absolute atomic E-state index is 0.0354. The third kappa shape index (κ3) is 2.94. The molecule has 0 spiro atoms. The lowest BCUT2D eigenvalue weighted by Gasteiger charge is -2.17. The molecule has 1 aliphatic rings. The Labute approximate surface area is 107 Å². The zero-order chi connectivity index (χ0) is 13.1. The summed E-state index contributed by atoms with van der Waals surface area (Å²) in [6, 6.07) is 4.42. The highest BCUT2D eigenvalue weighted by molar-refractivity contribution is 5.99. The highest BCUT2D eigenvalue weighted by Crippen LogP contribution is 2.34. The van der Waals surface area contributed by atoms with Gasteiger partial charge in [0.25, 0.3) is 5.91 Å². The summed E-state index contributed by atoms with van der Waals surface area (Å²) in [5, 5.41) is 22.1. The van der Waals surface area contributed by atoms with Gasteiger partial charge in [-0.25, -0.2) is 0 Å². The van der Waals surface area contributed by atoms with Crippen LogP contribution >= 0.6 is 0 Å². The molecule has 0 saturated heterocycles. The topological polar surface area (TPSA) is 69.6 Å². The van der Waals surface area contributed by atoms with Crippen molar-refractivity contribution in [1.29, 1.82) is 0 Å². The zero-order valence-corrected chi connectivity index (χ0v) is 10.5. The van der Waals surface area contributed by atoms with Gasteiger partial charge in [0.1, 0.15) is 17.1 Å². The summed E-state index contributed by atoms with van der Waals surface area (Å²) in [7, 11) is 0. The SMILES string of the molecule is CCC(CC1CC1)NC(=O)c1c(O)cccc1O. The molecule has 98 valence electrons.